The number of nitrogens with zero attached hydrogens (tertiary/aromatic N) is 1. The van der Waals surface area contributed by atoms with Crippen LogP contribution < -0.4 is 10.3 Å². The third-order valence-electron chi connectivity index (χ3n) is 2.60. The fourth-order valence-corrected chi connectivity index (χ4v) is 1.89. The standard InChI is InChI=1S/C10H8N2O2/c13-10-9-6-5-7-3-1-2-4-8(7)12(9)11-14-10/h1-4H,5-6H2/p+1. The summed E-state index contributed by atoms with van der Waals surface area (Å²) in [7, 11) is 0. The van der Waals surface area contributed by atoms with Gasteiger partial charge in [-0.2, -0.15) is 0 Å². The van der Waals surface area contributed by atoms with Gasteiger partial charge in [0.1, 0.15) is 0 Å². The Labute approximate surface area is 79.7 Å². The molecule has 4 heteroatoms. The maximum Gasteiger partial charge on any atom is 0.430 e. The number of aryl methyl sites for hydroxylation is 1. The minimum atomic E-state index is -0.264. The van der Waals surface area contributed by atoms with Crippen LogP contribution in [-0.4, -0.2) is 5.27 Å². The van der Waals surface area contributed by atoms with Gasteiger partial charge in [-0.15, -0.1) is 0 Å². The molecule has 0 unspecified atom stereocenters. The lowest BCUT2D eigenvalue weighted by molar-refractivity contribution is -0.679. The number of benzene rings is 1. The monoisotopic (exact) mass is 189 g/mol. The predicted octanol–water partition coefficient (Wildman–Crippen LogP) is 0.343. The zero-order valence-electron chi connectivity index (χ0n) is 7.49. The van der Waals surface area contributed by atoms with E-state index in [0.29, 0.717) is 5.69 Å². The van der Waals surface area contributed by atoms with Crippen molar-refractivity contribution in [2.75, 3.05) is 0 Å². The summed E-state index contributed by atoms with van der Waals surface area (Å²) >= 11 is 0. The minimum absolute atomic E-state index is 0.264. The second-order valence-corrected chi connectivity index (χ2v) is 3.39. The number of para-hydroxylation sites is 1. The highest BCUT2D eigenvalue weighted by molar-refractivity contribution is 5.35. The van der Waals surface area contributed by atoms with Gasteiger partial charge in [0, 0.05) is 18.1 Å². The van der Waals surface area contributed by atoms with Gasteiger partial charge in [-0.3, -0.25) is 4.52 Å². The topological polar surface area (TPSA) is 49.9 Å². The van der Waals surface area contributed by atoms with Crippen molar-refractivity contribution in [3.05, 3.63) is 45.9 Å². The molecule has 0 saturated heterocycles. The first-order valence-electron chi connectivity index (χ1n) is 4.57. The average molecular weight is 189 g/mol. The van der Waals surface area contributed by atoms with Gasteiger partial charge in [0.15, 0.2) is 0 Å². The van der Waals surface area contributed by atoms with E-state index in [1.807, 2.05) is 18.2 Å². The number of H-pyrrole nitrogens is 1. The number of aromatic nitrogens is 2. The SMILES string of the molecule is O=c1o[nH][n+]2c1CCc1ccccc1-2. The summed E-state index contributed by atoms with van der Waals surface area (Å²) in [6, 6.07) is 7.99. The van der Waals surface area contributed by atoms with Crippen molar-refractivity contribution in [3.63, 3.8) is 0 Å². The van der Waals surface area contributed by atoms with Crippen molar-refractivity contribution in [2.24, 2.45) is 0 Å². The Morgan fingerprint density at radius 1 is 1.29 bits per heavy atom. The normalized spacial score (nSPS) is 13.4. The third-order valence-corrected chi connectivity index (χ3v) is 2.60. The van der Waals surface area contributed by atoms with Crippen molar-refractivity contribution in [1.29, 1.82) is 0 Å². The van der Waals surface area contributed by atoms with E-state index in [2.05, 4.69) is 11.3 Å². The molecule has 0 spiro atoms. The molecule has 4 nitrogen and oxygen atoms in total. The van der Waals surface area contributed by atoms with Crippen molar-refractivity contribution in [1.82, 2.24) is 5.27 Å². The average Bonchev–Trinajstić information content (AvgIpc) is 2.61. The van der Waals surface area contributed by atoms with E-state index in [1.165, 1.54) is 5.56 Å². The molecule has 2 aromatic rings. The molecule has 0 fully saturated rings. The zero-order valence-corrected chi connectivity index (χ0v) is 7.49. The van der Waals surface area contributed by atoms with Crippen LogP contribution in [0, 0.1) is 0 Å². The maximum atomic E-state index is 11.3. The van der Waals surface area contributed by atoms with Crippen LogP contribution in [0.5, 0.6) is 0 Å². The van der Waals surface area contributed by atoms with Crippen LogP contribution >= 0.6 is 0 Å². The lowest BCUT2D eigenvalue weighted by atomic mass is 10.0. The first kappa shape index (κ1) is 7.55. The summed E-state index contributed by atoms with van der Waals surface area (Å²) in [5.74, 6) is 0. The molecule has 0 bridgehead atoms. The quantitative estimate of drug-likeness (QED) is 0.608. The summed E-state index contributed by atoms with van der Waals surface area (Å²) in [5, 5.41) is 2.61. The molecule has 1 aliphatic heterocycles. The lowest BCUT2D eigenvalue weighted by Crippen LogP contribution is -2.42. The van der Waals surface area contributed by atoms with E-state index in [-0.39, 0.29) is 5.63 Å². The molecule has 0 amide bonds. The van der Waals surface area contributed by atoms with Gasteiger partial charge in [-0.25, -0.2) is 4.79 Å². The first-order valence-corrected chi connectivity index (χ1v) is 4.57. The van der Waals surface area contributed by atoms with E-state index in [1.54, 1.807) is 4.68 Å². The number of hydrogen-bond acceptors (Lipinski definition) is 2. The van der Waals surface area contributed by atoms with Crippen LogP contribution in [-0.2, 0) is 12.8 Å². The van der Waals surface area contributed by atoms with Gasteiger partial charge >= 0.3 is 11.3 Å². The predicted molar refractivity (Wildman–Crippen MR) is 48.3 cm³/mol. The molecule has 1 N–H and O–H groups in total. The van der Waals surface area contributed by atoms with Crippen molar-refractivity contribution < 1.29 is 9.20 Å². The summed E-state index contributed by atoms with van der Waals surface area (Å²) in [6.45, 7) is 0. The third kappa shape index (κ3) is 0.878. The Morgan fingerprint density at radius 2 is 2.14 bits per heavy atom. The Balaban J connectivity index is 2.34. The summed E-state index contributed by atoms with van der Waals surface area (Å²) < 4.78 is 6.48. The summed E-state index contributed by atoms with van der Waals surface area (Å²) in [5.41, 5.74) is 2.69. The Bertz CT molecular complexity index is 539. The molecular weight excluding hydrogens is 180 g/mol. The van der Waals surface area contributed by atoms with Gasteiger partial charge in [-0.1, -0.05) is 18.2 Å². The summed E-state index contributed by atoms with van der Waals surface area (Å²) in [4.78, 5) is 11.3. The largest absolute Gasteiger partial charge is 0.430 e. The fourth-order valence-electron chi connectivity index (χ4n) is 1.89. The first-order chi connectivity index (χ1) is 6.86. The molecule has 3 rings (SSSR count). The molecule has 0 atom stereocenters. The van der Waals surface area contributed by atoms with Crippen LogP contribution in [0.4, 0.5) is 0 Å². The van der Waals surface area contributed by atoms with Crippen molar-refractivity contribution >= 4 is 0 Å². The van der Waals surface area contributed by atoms with E-state index in [0.717, 1.165) is 18.5 Å². The minimum Gasteiger partial charge on any atom is -0.283 e. The Kier molecular flexibility index (Phi) is 1.39. The van der Waals surface area contributed by atoms with Crippen LogP contribution in [0.1, 0.15) is 11.3 Å². The van der Waals surface area contributed by atoms with Gasteiger partial charge in [0.2, 0.25) is 5.69 Å². The fraction of sp³-hybridized carbons (Fsp3) is 0.200. The molecular formula is C10H9N2O2+. The van der Waals surface area contributed by atoms with E-state index in [4.69, 9.17) is 4.52 Å². The van der Waals surface area contributed by atoms with E-state index in [9.17, 15) is 4.79 Å². The van der Waals surface area contributed by atoms with Crippen LogP contribution in [0.2, 0.25) is 0 Å². The zero-order chi connectivity index (χ0) is 9.54. The highest BCUT2D eigenvalue weighted by atomic mass is 16.5. The summed E-state index contributed by atoms with van der Waals surface area (Å²) in [6.07, 6.45) is 1.64. The molecule has 0 aliphatic carbocycles. The molecule has 2 heterocycles. The lowest BCUT2D eigenvalue weighted by Gasteiger charge is -2.05. The second kappa shape index (κ2) is 2.57. The molecule has 0 saturated carbocycles. The second-order valence-electron chi connectivity index (χ2n) is 3.39. The van der Waals surface area contributed by atoms with Gasteiger partial charge in [-0.05, 0) is 16.4 Å². The van der Waals surface area contributed by atoms with Crippen molar-refractivity contribution in [2.45, 2.75) is 12.8 Å². The number of rotatable bonds is 0. The van der Waals surface area contributed by atoms with Crippen molar-refractivity contribution in [3.8, 4) is 5.69 Å². The van der Waals surface area contributed by atoms with Crippen LogP contribution in [0.25, 0.3) is 5.69 Å². The molecule has 70 valence electrons. The van der Waals surface area contributed by atoms with E-state index < -0.39 is 0 Å². The highest BCUT2D eigenvalue weighted by Crippen LogP contribution is 2.14. The molecule has 14 heavy (non-hydrogen) atoms. The number of nitrogens with one attached hydrogen (secondary N) is 1. The van der Waals surface area contributed by atoms with Crippen LogP contribution in [0.3, 0.4) is 0 Å². The Morgan fingerprint density at radius 3 is 3.07 bits per heavy atom. The molecule has 1 aromatic heterocycles. The van der Waals surface area contributed by atoms with E-state index >= 15 is 0 Å². The maximum absolute atomic E-state index is 11.3. The highest BCUT2D eigenvalue weighted by Gasteiger charge is 2.29. The van der Waals surface area contributed by atoms with Crippen LogP contribution in [0.15, 0.2) is 33.6 Å². The van der Waals surface area contributed by atoms with Gasteiger partial charge in [0.25, 0.3) is 0 Å². The van der Waals surface area contributed by atoms with Gasteiger partial charge < -0.3 is 0 Å². The molecule has 1 aromatic carbocycles. The number of hydrogen-bond donors (Lipinski definition) is 1. The Hall–Kier alpha value is -1.84. The molecule has 0 radical (unpaired) electrons. The number of fused-ring (bicyclic) bond motifs is 3. The molecule has 1 aliphatic rings. The smallest absolute Gasteiger partial charge is 0.283 e. The number of aromatic amines is 1. The van der Waals surface area contributed by atoms with Gasteiger partial charge in [0.05, 0.1) is 0 Å².